The van der Waals surface area contributed by atoms with Gasteiger partial charge in [0.1, 0.15) is 5.75 Å². The van der Waals surface area contributed by atoms with E-state index in [-0.39, 0.29) is 5.91 Å². The number of hydrogen-bond donors (Lipinski definition) is 1. The Morgan fingerprint density at radius 2 is 1.83 bits per heavy atom. The second-order valence-corrected chi connectivity index (χ2v) is 5.44. The quantitative estimate of drug-likeness (QED) is 0.794. The lowest BCUT2D eigenvalue weighted by Crippen LogP contribution is -2.30. The molecule has 1 atom stereocenters. The lowest BCUT2D eigenvalue weighted by molar-refractivity contribution is -0.122. The number of para-hydroxylation sites is 1. The molecule has 0 radical (unpaired) electrons. The molecule has 2 aromatic carbocycles. The van der Waals surface area contributed by atoms with E-state index in [0.29, 0.717) is 11.4 Å². The molecule has 3 aromatic rings. The van der Waals surface area contributed by atoms with Crippen molar-refractivity contribution in [2.24, 2.45) is 0 Å². The highest BCUT2D eigenvalue weighted by atomic mass is 16.5. The summed E-state index contributed by atoms with van der Waals surface area (Å²) >= 11 is 0. The molecule has 0 saturated carbocycles. The summed E-state index contributed by atoms with van der Waals surface area (Å²) < 4.78 is 5.68. The van der Waals surface area contributed by atoms with Gasteiger partial charge in [0.25, 0.3) is 5.91 Å². The highest BCUT2D eigenvalue weighted by Crippen LogP contribution is 2.21. The van der Waals surface area contributed by atoms with E-state index in [1.54, 1.807) is 13.1 Å². The van der Waals surface area contributed by atoms with E-state index in [9.17, 15) is 4.79 Å². The van der Waals surface area contributed by atoms with Crippen molar-refractivity contribution in [1.29, 1.82) is 0 Å². The lowest BCUT2D eigenvalue weighted by atomic mass is 10.2. The van der Waals surface area contributed by atoms with Crippen LogP contribution in [0.5, 0.6) is 5.75 Å². The molecule has 0 spiro atoms. The topological polar surface area (TPSA) is 51.2 Å². The third-order valence-electron chi connectivity index (χ3n) is 3.59. The number of benzene rings is 2. The van der Waals surface area contributed by atoms with E-state index in [4.69, 9.17) is 4.74 Å². The first-order valence-electron chi connectivity index (χ1n) is 7.51. The number of anilines is 1. The second-order valence-electron chi connectivity index (χ2n) is 5.44. The number of carbonyl (C=O) groups is 1. The number of nitrogens with zero attached hydrogens (tertiary/aromatic N) is 1. The average molecular weight is 306 g/mol. The van der Waals surface area contributed by atoms with Crippen LogP contribution >= 0.6 is 0 Å². The summed E-state index contributed by atoms with van der Waals surface area (Å²) in [7, 11) is 0. The van der Waals surface area contributed by atoms with Gasteiger partial charge in [-0.15, -0.1) is 0 Å². The van der Waals surface area contributed by atoms with E-state index in [1.165, 1.54) is 0 Å². The van der Waals surface area contributed by atoms with Gasteiger partial charge in [0.15, 0.2) is 6.10 Å². The number of fused-ring (bicyclic) bond motifs is 1. The summed E-state index contributed by atoms with van der Waals surface area (Å²) in [5.74, 6) is 0.470. The van der Waals surface area contributed by atoms with Crippen LogP contribution < -0.4 is 10.1 Å². The zero-order valence-electron chi connectivity index (χ0n) is 13.1. The number of hydrogen-bond acceptors (Lipinski definition) is 3. The van der Waals surface area contributed by atoms with E-state index in [2.05, 4.69) is 10.3 Å². The van der Waals surface area contributed by atoms with Gasteiger partial charge in [-0.3, -0.25) is 9.78 Å². The molecule has 116 valence electrons. The third kappa shape index (κ3) is 3.48. The summed E-state index contributed by atoms with van der Waals surface area (Å²) in [5.41, 5.74) is 2.61. The number of pyridine rings is 1. The first kappa shape index (κ1) is 15.0. The number of carbonyl (C=O) groups excluding carboxylic acids is 1. The minimum Gasteiger partial charge on any atom is -0.481 e. The fourth-order valence-electron chi connectivity index (χ4n) is 2.31. The fraction of sp³-hybridized carbons (Fsp3) is 0.158. The smallest absolute Gasteiger partial charge is 0.265 e. The molecule has 0 saturated heterocycles. The van der Waals surface area contributed by atoms with E-state index < -0.39 is 6.10 Å². The van der Waals surface area contributed by atoms with Gasteiger partial charge in [0, 0.05) is 11.6 Å². The number of amides is 1. The second kappa shape index (κ2) is 6.48. The van der Waals surface area contributed by atoms with Crippen molar-refractivity contribution in [2.75, 3.05) is 5.32 Å². The molecule has 3 rings (SSSR count). The highest BCUT2D eigenvalue weighted by molar-refractivity contribution is 6.01. The molecule has 23 heavy (non-hydrogen) atoms. The Labute approximate surface area is 135 Å². The van der Waals surface area contributed by atoms with Crippen LogP contribution in [0.15, 0.2) is 60.8 Å². The molecule has 1 unspecified atom stereocenters. The molecular formula is C19H18N2O2. The van der Waals surface area contributed by atoms with Gasteiger partial charge in [-0.25, -0.2) is 0 Å². The largest absolute Gasteiger partial charge is 0.481 e. The molecule has 1 N–H and O–H groups in total. The van der Waals surface area contributed by atoms with Crippen LogP contribution in [0.1, 0.15) is 12.5 Å². The Morgan fingerprint density at radius 1 is 1.09 bits per heavy atom. The standard InChI is InChI=1S/C19H18N2O2/c1-13-8-10-16(11-9-13)23-14(2)19(22)21-17-7-3-5-15-6-4-12-20-18(15)17/h3-12,14H,1-2H3,(H,21,22). The normalized spacial score (nSPS) is 11.9. The predicted molar refractivity (Wildman–Crippen MR) is 91.6 cm³/mol. The van der Waals surface area contributed by atoms with Crippen molar-refractivity contribution < 1.29 is 9.53 Å². The summed E-state index contributed by atoms with van der Waals surface area (Å²) in [6, 6.07) is 17.2. The first-order chi connectivity index (χ1) is 11.1. The predicted octanol–water partition coefficient (Wildman–Crippen LogP) is 3.95. The van der Waals surface area contributed by atoms with Crippen LogP contribution in [-0.4, -0.2) is 17.0 Å². The van der Waals surface area contributed by atoms with Gasteiger partial charge in [0.05, 0.1) is 11.2 Å². The van der Waals surface area contributed by atoms with E-state index in [1.807, 2.05) is 61.5 Å². The first-order valence-corrected chi connectivity index (χ1v) is 7.51. The summed E-state index contributed by atoms with van der Waals surface area (Å²) in [5, 5.41) is 3.87. The Bertz CT molecular complexity index is 823. The zero-order valence-corrected chi connectivity index (χ0v) is 13.1. The number of aryl methyl sites for hydroxylation is 1. The van der Waals surface area contributed by atoms with Gasteiger partial charge in [-0.2, -0.15) is 0 Å². The van der Waals surface area contributed by atoms with Gasteiger partial charge in [-0.1, -0.05) is 35.9 Å². The molecule has 0 aliphatic heterocycles. The minimum absolute atomic E-state index is 0.205. The van der Waals surface area contributed by atoms with Crippen LogP contribution in [0.2, 0.25) is 0 Å². The minimum atomic E-state index is -0.600. The number of rotatable bonds is 4. The van der Waals surface area contributed by atoms with Crippen molar-refractivity contribution >= 4 is 22.5 Å². The van der Waals surface area contributed by atoms with Crippen LogP contribution in [0.25, 0.3) is 10.9 Å². The maximum atomic E-state index is 12.4. The molecule has 0 aliphatic carbocycles. The van der Waals surface area contributed by atoms with Crippen molar-refractivity contribution in [1.82, 2.24) is 4.98 Å². The molecule has 4 nitrogen and oxygen atoms in total. The molecular weight excluding hydrogens is 288 g/mol. The van der Waals surface area contributed by atoms with Crippen LogP contribution in [0, 0.1) is 6.92 Å². The number of nitrogens with one attached hydrogen (secondary N) is 1. The lowest BCUT2D eigenvalue weighted by Gasteiger charge is -2.15. The molecule has 1 heterocycles. The molecule has 4 heteroatoms. The number of ether oxygens (including phenoxy) is 1. The Balaban J connectivity index is 1.74. The summed E-state index contributed by atoms with van der Waals surface area (Å²) in [6.45, 7) is 3.74. The molecule has 0 fully saturated rings. The Morgan fingerprint density at radius 3 is 2.61 bits per heavy atom. The van der Waals surface area contributed by atoms with Crippen molar-refractivity contribution in [2.45, 2.75) is 20.0 Å². The molecule has 1 amide bonds. The zero-order chi connectivity index (χ0) is 16.2. The summed E-state index contributed by atoms with van der Waals surface area (Å²) in [6.07, 6.45) is 1.11. The Kier molecular flexibility index (Phi) is 4.24. The maximum Gasteiger partial charge on any atom is 0.265 e. The van der Waals surface area contributed by atoms with Crippen LogP contribution in [0.4, 0.5) is 5.69 Å². The van der Waals surface area contributed by atoms with E-state index >= 15 is 0 Å². The third-order valence-corrected chi connectivity index (χ3v) is 3.59. The van der Waals surface area contributed by atoms with Gasteiger partial charge in [-0.05, 0) is 38.1 Å². The fourth-order valence-corrected chi connectivity index (χ4v) is 2.31. The average Bonchev–Trinajstić information content (AvgIpc) is 2.57. The van der Waals surface area contributed by atoms with E-state index in [0.717, 1.165) is 16.5 Å². The van der Waals surface area contributed by atoms with Gasteiger partial charge < -0.3 is 10.1 Å². The van der Waals surface area contributed by atoms with Crippen molar-refractivity contribution in [3.63, 3.8) is 0 Å². The molecule has 1 aromatic heterocycles. The monoisotopic (exact) mass is 306 g/mol. The highest BCUT2D eigenvalue weighted by Gasteiger charge is 2.16. The van der Waals surface area contributed by atoms with Crippen molar-refractivity contribution in [3.8, 4) is 5.75 Å². The van der Waals surface area contributed by atoms with Gasteiger partial charge in [0.2, 0.25) is 0 Å². The molecule has 0 bridgehead atoms. The molecule has 0 aliphatic rings. The van der Waals surface area contributed by atoms with Crippen LogP contribution in [0.3, 0.4) is 0 Å². The maximum absolute atomic E-state index is 12.4. The van der Waals surface area contributed by atoms with Gasteiger partial charge >= 0.3 is 0 Å². The Hall–Kier alpha value is -2.88. The SMILES string of the molecule is Cc1ccc(OC(C)C(=O)Nc2cccc3cccnc23)cc1. The summed E-state index contributed by atoms with van der Waals surface area (Å²) in [4.78, 5) is 16.7. The van der Waals surface area contributed by atoms with Crippen LogP contribution in [-0.2, 0) is 4.79 Å². The number of aromatic nitrogens is 1. The van der Waals surface area contributed by atoms with Crippen molar-refractivity contribution in [3.05, 3.63) is 66.4 Å².